The van der Waals surface area contributed by atoms with E-state index in [1.54, 1.807) is 6.07 Å². The lowest BCUT2D eigenvalue weighted by Crippen LogP contribution is -2.33. The van der Waals surface area contributed by atoms with Crippen LogP contribution in [0.15, 0.2) is 48.3 Å². The smallest absolute Gasteiger partial charge is 0.366 e. The summed E-state index contributed by atoms with van der Waals surface area (Å²) in [6.45, 7) is 0. The number of nitrogens with one attached hydrogen (secondary N) is 2. The average molecular weight is 407 g/mol. The zero-order valence-electron chi connectivity index (χ0n) is 15.2. The molecule has 0 aliphatic carbocycles. The van der Waals surface area contributed by atoms with Crippen LogP contribution in [0.2, 0.25) is 0 Å². The first-order valence-corrected chi connectivity index (χ1v) is 8.29. The fourth-order valence-electron chi connectivity index (χ4n) is 2.54. The summed E-state index contributed by atoms with van der Waals surface area (Å²) in [6, 6.07) is 6.32. The van der Waals surface area contributed by atoms with E-state index in [4.69, 9.17) is 11.0 Å². The quantitative estimate of drug-likeness (QED) is 0.484. The van der Waals surface area contributed by atoms with E-state index in [1.807, 2.05) is 6.07 Å². The number of amides is 1. The molecule has 10 heteroatoms. The topological polar surface area (TPSA) is 104 Å². The molecular formula is C19H17F4N5O. The standard InChI is InChI=1S/C19H17F4N5O/c1-26-17(9-24)16(18(25)29)10-28-14-2-3-27-15(8-14)6-11-4-12(19(21,22)23)7-13(20)5-11/h2-5,7-8,10,17,26H,6H2,1H3,(H2,25,29)(H,27,28)/b16-10+. The molecule has 2 rings (SSSR count). The lowest BCUT2D eigenvalue weighted by Gasteiger charge is -2.11. The largest absolute Gasteiger partial charge is 0.416 e. The van der Waals surface area contributed by atoms with Gasteiger partial charge in [0.15, 0.2) is 0 Å². The molecule has 0 aliphatic rings. The van der Waals surface area contributed by atoms with Crippen LogP contribution >= 0.6 is 0 Å². The van der Waals surface area contributed by atoms with Crippen molar-refractivity contribution >= 4 is 11.6 Å². The first-order chi connectivity index (χ1) is 13.6. The number of alkyl halides is 3. The predicted molar refractivity (Wildman–Crippen MR) is 97.8 cm³/mol. The number of primary amides is 1. The number of carbonyl (C=O) groups excluding carboxylic acids is 1. The Balaban J connectivity index is 2.24. The minimum atomic E-state index is -4.66. The number of anilines is 1. The van der Waals surface area contributed by atoms with Gasteiger partial charge in [0.1, 0.15) is 11.9 Å². The zero-order valence-corrected chi connectivity index (χ0v) is 15.2. The normalized spacial score (nSPS) is 12.9. The maximum Gasteiger partial charge on any atom is 0.416 e. The van der Waals surface area contributed by atoms with E-state index in [2.05, 4.69) is 15.6 Å². The summed E-state index contributed by atoms with van der Waals surface area (Å²) in [5.41, 5.74) is 5.11. The van der Waals surface area contributed by atoms with E-state index in [1.165, 1.54) is 25.5 Å². The van der Waals surface area contributed by atoms with Crippen molar-refractivity contribution in [1.29, 1.82) is 5.26 Å². The number of nitriles is 1. The van der Waals surface area contributed by atoms with Crippen LogP contribution in [-0.4, -0.2) is 24.0 Å². The highest BCUT2D eigenvalue weighted by Crippen LogP contribution is 2.31. The molecule has 29 heavy (non-hydrogen) atoms. The second-order valence-electron chi connectivity index (χ2n) is 6.02. The van der Waals surface area contributed by atoms with Crippen LogP contribution in [0.1, 0.15) is 16.8 Å². The number of carbonyl (C=O) groups is 1. The van der Waals surface area contributed by atoms with Gasteiger partial charge in [0.05, 0.1) is 17.2 Å². The van der Waals surface area contributed by atoms with E-state index in [0.717, 1.165) is 12.1 Å². The number of pyridine rings is 1. The van der Waals surface area contributed by atoms with Crippen molar-refractivity contribution in [3.8, 4) is 6.07 Å². The first kappa shape index (κ1) is 21.8. The maximum atomic E-state index is 13.6. The van der Waals surface area contributed by atoms with Gasteiger partial charge in [0.25, 0.3) is 0 Å². The number of halogens is 4. The summed E-state index contributed by atoms with van der Waals surface area (Å²) < 4.78 is 52.1. The third-order valence-electron chi connectivity index (χ3n) is 3.89. The molecule has 0 fully saturated rings. The van der Waals surface area contributed by atoms with Crippen LogP contribution in [0.25, 0.3) is 0 Å². The molecule has 0 spiro atoms. The number of hydrogen-bond donors (Lipinski definition) is 3. The molecular weight excluding hydrogens is 390 g/mol. The number of nitrogens with two attached hydrogens (primary N) is 1. The third-order valence-corrected chi connectivity index (χ3v) is 3.89. The Kier molecular flexibility index (Phi) is 6.90. The molecule has 0 radical (unpaired) electrons. The van der Waals surface area contributed by atoms with Gasteiger partial charge in [-0.1, -0.05) is 0 Å². The van der Waals surface area contributed by atoms with Crippen LogP contribution in [-0.2, 0) is 17.4 Å². The van der Waals surface area contributed by atoms with Crippen molar-refractivity contribution in [2.45, 2.75) is 18.6 Å². The number of hydrogen-bond acceptors (Lipinski definition) is 5. The summed E-state index contributed by atoms with van der Waals surface area (Å²) >= 11 is 0. The summed E-state index contributed by atoms with van der Waals surface area (Å²) in [6.07, 6.45) is -2.04. The number of benzene rings is 1. The van der Waals surface area contributed by atoms with Gasteiger partial charge in [-0.05, 0) is 42.9 Å². The highest BCUT2D eigenvalue weighted by atomic mass is 19.4. The molecule has 1 aromatic carbocycles. The summed E-state index contributed by atoms with van der Waals surface area (Å²) in [5, 5.41) is 14.5. The van der Waals surface area contributed by atoms with Gasteiger partial charge in [-0.3, -0.25) is 9.78 Å². The Bertz CT molecular complexity index is 966. The molecule has 1 atom stereocenters. The van der Waals surface area contributed by atoms with Gasteiger partial charge in [0, 0.05) is 30.2 Å². The van der Waals surface area contributed by atoms with Crippen molar-refractivity contribution in [3.63, 3.8) is 0 Å². The van der Waals surface area contributed by atoms with Crippen molar-refractivity contribution in [2.75, 3.05) is 12.4 Å². The van der Waals surface area contributed by atoms with Gasteiger partial charge < -0.3 is 16.4 Å². The molecule has 2 aromatic rings. The number of nitrogens with zero attached hydrogens (tertiary/aromatic N) is 2. The number of likely N-dealkylation sites (N-methyl/N-ethyl adjacent to an activating group) is 1. The third kappa shape index (κ3) is 6.02. The molecule has 152 valence electrons. The van der Waals surface area contributed by atoms with Crippen LogP contribution in [0.3, 0.4) is 0 Å². The van der Waals surface area contributed by atoms with E-state index in [-0.39, 0.29) is 17.6 Å². The minimum absolute atomic E-state index is 0.00619. The SMILES string of the molecule is CNC(C#N)/C(=C\Nc1ccnc(Cc2cc(F)cc(C(F)(F)F)c2)c1)C(N)=O. The van der Waals surface area contributed by atoms with Crippen LogP contribution in [0.5, 0.6) is 0 Å². The van der Waals surface area contributed by atoms with Crippen molar-refractivity contribution in [1.82, 2.24) is 10.3 Å². The van der Waals surface area contributed by atoms with Gasteiger partial charge in [-0.2, -0.15) is 18.4 Å². The van der Waals surface area contributed by atoms with Crippen molar-refractivity contribution in [3.05, 3.63) is 70.9 Å². The Morgan fingerprint density at radius 1 is 1.34 bits per heavy atom. The fourth-order valence-corrected chi connectivity index (χ4v) is 2.54. The highest BCUT2D eigenvalue weighted by molar-refractivity contribution is 5.94. The van der Waals surface area contributed by atoms with E-state index in [0.29, 0.717) is 17.4 Å². The second kappa shape index (κ2) is 9.16. The molecule has 1 aromatic heterocycles. The van der Waals surface area contributed by atoms with Crippen LogP contribution in [0.4, 0.5) is 23.2 Å². The monoisotopic (exact) mass is 407 g/mol. The Labute approximate surface area is 164 Å². The molecule has 1 heterocycles. The Hall–Kier alpha value is -3.45. The Morgan fingerprint density at radius 3 is 2.66 bits per heavy atom. The number of aromatic nitrogens is 1. The van der Waals surface area contributed by atoms with E-state index < -0.39 is 29.5 Å². The molecule has 1 amide bonds. The fraction of sp³-hybridized carbons (Fsp3) is 0.211. The van der Waals surface area contributed by atoms with E-state index in [9.17, 15) is 22.4 Å². The van der Waals surface area contributed by atoms with E-state index >= 15 is 0 Å². The van der Waals surface area contributed by atoms with Gasteiger partial charge >= 0.3 is 6.18 Å². The molecule has 0 bridgehead atoms. The lowest BCUT2D eigenvalue weighted by molar-refractivity contribution is -0.137. The van der Waals surface area contributed by atoms with Gasteiger partial charge in [0.2, 0.25) is 5.91 Å². The average Bonchev–Trinajstić information content (AvgIpc) is 2.64. The molecule has 0 aliphatic heterocycles. The first-order valence-electron chi connectivity index (χ1n) is 8.29. The van der Waals surface area contributed by atoms with Gasteiger partial charge in [-0.15, -0.1) is 0 Å². The maximum absolute atomic E-state index is 13.6. The van der Waals surface area contributed by atoms with Crippen molar-refractivity contribution in [2.24, 2.45) is 5.73 Å². The molecule has 0 saturated heterocycles. The lowest BCUT2D eigenvalue weighted by atomic mass is 10.0. The summed E-state index contributed by atoms with van der Waals surface area (Å²) in [4.78, 5) is 15.6. The molecule has 0 saturated carbocycles. The van der Waals surface area contributed by atoms with Crippen LogP contribution < -0.4 is 16.4 Å². The summed E-state index contributed by atoms with van der Waals surface area (Å²) in [7, 11) is 1.49. The predicted octanol–water partition coefficient (Wildman–Crippen LogP) is 2.72. The Morgan fingerprint density at radius 2 is 2.07 bits per heavy atom. The summed E-state index contributed by atoms with van der Waals surface area (Å²) in [5.74, 6) is -1.79. The van der Waals surface area contributed by atoms with Crippen molar-refractivity contribution < 1.29 is 22.4 Å². The number of rotatable bonds is 7. The molecule has 6 nitrogen and oxygen atoms in total. The zero-order chi connectivity index (χ0) is 21.6. The van der Waals surface area contributed by atoms with Crippen LogP contribution in [0, 0.1) is 17.1 Å². The second-order valence-corrected chi connectivity index (χ2v) is 6.02. The molecule has 1 unspecified atom stereocenters. The molecule has 4 N–H and O–H groups in total. The van der Waals surface area contributed by atoms with Gasteiger partial charge in [-0.25, -0.2) is 4.39 Å². The highest BCUT2D eigenvalue weighted by Gasteiger charge is 2.31. The minimum Gasteiger partial charge on any atom is -0.366 e.